The molecule has 1 saturated heterocycles. The molecule has 2 aromatic rings. The van der Waals surface area contributed by atoms with E-state index in [1.807, 2.05) is 30.2 Å². The van der Waals surface area contributed by atoms with Crippen LogP contribution in [-0.4, -0.2) is 35.6 Å². The minimum absolute atomic E-state index is 0.685. The highest BCUT2D eigenvalue weighted by atomic mass is 32.2. The predicted octanol–water partition coefficient (Wildman–Crippen LogP) is 3.18. The van der Waals surface area contributed by atoms with E-state index in [-0.39, 0.29) is 0 Å². The van der Waals surface area contributed by atoms with Gasteiger partial charge in [0.05, 0.1) is 19.0 Å². The number of nitrogens with zero attached hydrogens (tertiary/aromatic N) is 2. The van der Waals surface area contributed by atoms with E-state index in [1.54, 1.807) is 7.11 Å². The number of ether oxygens (including phenoxy) is 1. The van der Waals surface area contributed by atoms with Crippen molar-refractivity contribution < 1.29 is 4.74 Å². The second kappa shape index (κ2) is 6.22. The molecule has 0 bridgehead atoms. The van der Waals surface area contributed by atoms with Gasteiger partial charge >= 0.3 is 0 Å². The molecule has 1 fully saturated rings. The predicted molar refractivity (Wildman–Crippen MR) is 82.7 cm³/mol. The smallest absolute Gasteiger partial charge is 0.119 e. The van der Waals surface area contributed by atoms with Crippen molar-refractivity contribution in [3.05, 3.63) is 36.7 Å². The van der Waals surface area contributed by atoms with E-state index >= 15 is 0 Å². The number of hydrogen-bond donors (Lipinski definition) is 1. The van der Waals surface area contributed by atoms with Gasteiger partial charge in [-0.3, -0.25) is 5.10 Å². The van der Waals surface area contributed by atoms with Gasteiger partial charge in [-0.2, -0.15) is 5.10 Å². The van der Waals surface area contributed by atoms with Crippen LogP contribution in [0.1, 0.15) is 12.8 Å². The fourth-order valence-corrected chi connectivity index (χ4v) is 3.69. The average Bonchev–Trinajstić information content (AvgIpc) is 3.02. The van der Waals surface area contributed by atoms with Crippen LogP contribution in [0.3, 0.4) is 0 Å². The van der Waals surface area contributed by atoms with Crippen molar-refractivity contribution in [2.45, 2.75) is 23.0 Å². The molecule has 1 aromatic carbocycles. The molecule has 0 saturated carbocycles. The second-order valence-corrected chi connectivity index (χ2v) is 6.31. The molecule has 1 N–H and O–H groups in total. The van der Waals surface area contributed by atoms with Crippen molar-refractivity contribution in [3.8, 4) is 5.75 Å². The molecule has 0 amide bonds. The molecule has 0 unspecified atom stereocenters. The minimum Gasteiger partial charge on any atom is -0.497 e. The quantitative estimate of drug-likeness (QED) is 0.938. The zero-order valence-corrected chi connectivity index (χ0v) is 12.4. The SMILES string of the molecule is COc1cccc(SC2CCN(c3cn[nH]c3)CC2)c1. The lowest BCUT2D eigenvalue weighted by atomic mass is 10.1. The van der Waals surface area contributed by atoms with Gasteiger partial charge in [-0.05, 0) is 31.0 Å². The van der Waals surface area contributed by atoms with E-state index in [4.69, 9.17) is 4.74 Å². The van der Waals surface area contributed by atoms with Gasteiger partial charge < -0.3 is 9.64 Å². The number of benzene rings is 1. The van der Waals surface area contributed by atoms with E-state index in [0.29, 0.717) is 5.25 Å². The number of nitrogens with one attached hydrogen (secondary N) is 1. The summed E-state index contributed by atoms with van der Waals surface area (Å²) in [5.74, 6) is 0.936. The Hall–Kier alpha value is -1.62. The third-order valence-corrected chi connectivity index (χ3v) is 4.97. The number of aromatic nitrogens is 2. The summed E-state index contributed by atoms with van der Waals surface area (Å²) >= 11 is 1.96. The van der Waals surface area contributed by atoms with Crippen LogP contribution in [0.4, 0.5) is 5.69 Å². The Labute approximate surface area is 123 Å². The van der Waals surface area contributed by atoms with Crippen molar-refractivity contribution in [2.75, 3.05) is 25.1 Å². The van der Waals surface area contributed by atoms with Crippen molar-refractivity contribution in [1.29, 1.82) is 0 Å². The Balaban J connectivity index is 1.55. The van der Waals surface area contributed by atoms with Crippen LogP contribution in [0.25, 0.3) is 0 Å². The minimum atomic E-state index is 0.685. The van der Waals surface area contributed by atoms with Crippen LogP contribution in [-0.2, 0) is 0 Å². The van der Waals surface area contributed by atoms with Gasteiger partial charge in [-0.25, -0.2) is 0 Å². The van der Waals surface area contributed by atoms with Crippen molar-refractivity contribution >= 4 is 17.4 Å². The summed E-state index contributed by atoms with van der Waals surface area (Å²) in [5.41, 5.74) is 1.20. The molecule has 20 heavy (non-hydrogen) atoms. The van der Waals surface area contributed by atoms with Crippen LogP contribution < -0.4 is 9.64 Å². The number of methoxy groups -OCH3 is 1. The Bertz CT molecular complexity index is 536. The highest BCUT2D eigenvalue weighted by Gasteiger charge is 2.20. The van der Waals surface area contributed by atoms with E-state index in [1.165, 1.54) is 23.4 Å². The lowest BCUT2D eigenvalue weighted by Crippen LogP contribution is -2.34. The Kier molecular flexibility index (Phi) is 4.16. The molecule has 1 aromatic heterocycles. The van der Waals surface area contributed by atoms with Crippen molar-refractivity contribution in [3.63, 3.8) is 0 Å². The average molecular weight is 289 g/mol. The maximum atomic E-state index is 5.28. The number of hydrogen-bond acceptors (Lipinski definition) is 4. The summed E-state index contributed by atoms with van der Waals surface area (Å²) in [5, 5.41) is 7.58. The van der Waals surface area contributed by atoms with Gasteiger partial charge in [0.15, 0.2) is 0 Å². The van der Waals surface area contributed by atoms with Gasteiger partial charge in [-0.1, -0.05) is 6.07 Å². The topological polar surface area (TPSA) is 41.1 Å². The van der Waals surface area contributed by atoms with Crippen LogP contribution in [0, 0.1) is 0 Å². The lowest BCUT2D eigenvalue weighted by molar-refractivity contribution is 0.413. The Morgan fingerprint density at radius 1 is 1.35 bits per heavy atom. The normalized spacial score (nSPS) is 16.4. The van der Waals surface area contributed by atoms with Gasteiger partial charge in [0, 0.05) is 29.4 Å². The van der Waals surface area contributed by atoms with Gasteiger partial charge in [0.25, 0.3) is 0 Å². The maximum Gasteiger partial charge on any atom is 0.119 e. The molecule has 0 atom stereocenters. The highest BCUT2D eigenvalue weighted by Crippen LogP contribution is 2.33. The molecule has 106 valence electrons. The largest absolute Gasteiger partial charge is 0.497 e. The van der Waals surface area contributed by atoms with Crippen molar-refractivity contribution in [1.82, 2.24) is 10.2 Å². The summed E-state index contributed by atoms with van der Waals surface area (Å²) in [6.45, 7) is 2.20. The molecule has 5 heteroatoms. The van der Waals surface area contributed by atoms with Crippen LogP contribution in [0.15, 0.2) is 41.6 Å². The van der Waals surface area contributed by atoms with Crippen LogP contribution in [0.5, 0.6) is 5.75 Å². The van der Waals surface area contributed by atoms with Crippen LogP contribution in [0.2, 0.25) is 0 Å². The summed E-state index contributed by atoms with van der Waals surface area (Å²) in [6, 6.07) is 8.33. The summed E-state index contributed by atoms with van der Waals surface area (Å²) < 4.78 is 5.28. The molecule has 0 radical (unpaired) electrons. The lowest BCUT2D eigenvalue weighted by Gasteiger charge is -2.32. The summed E-state index contributed by atoms with van der Waals surface area (Å²) in [6.07, 6.45) is 6.27. The number of H-pyrrole nitrogens is 1. The zero-order valence-electron chi connectivity index (χ0n) is 11.6. The third kappa shape index (κ3) is 3.10. The van der Waals surface area contributed by atoms with E-state index in [2.05, 4.69) is 33.3 Å². The molecular formula is C15H19N3OS. The maximum absolute atomic E-state index is 5.28. The molecular weight excluding hydrogens is 270 g/mol. The Morgan fingerprint density at radius 2 is 2.20 bits per heavy atom. The first-order valence-corrected chi connectivity index (χ1v) is 7.77. The summed E-state index contributed by atoms with van der Waals surface area (Å²) in [7, 11) is 1.72. The van der Waals surface area contributed by atoms with Gasteiger partial charge in [-0.15, -0.1) is 11.8 Å². The zero-order chi connectivity index (χ0) is 13.8. The highest BCUT2D eigenvalue weighted by molar-refractivity contribution is 8.00. The number of aromatic amines is 1. The van der Waals surface area contributed by atoms with Crippen molar-refractivity contribution in [2.24, 2.45) is 0 Å². The molecule has 0 spiro atoms. The molecule has 2 heterocycles. The fourth-order valence-electron chi connectivity index (χ4n) is 2.52. The first-order valence-electron chi connectivity index (χ1n) is 6.89. The monoisotopic (exact) mass is 289 g/mol. The molecule has 3 rings (SSSR count). The molecule has 1 aliphatic heterocycles. The third-order valence-electron chi connectivity index (χ3n) is 3.63. The molecule has 4 nitrogen and oxygen atoms in total. The Morgan fingerprint density at radius 3 is 2.90 bits per heavy atom. The molecule has 1 aliphatic rings. The van der Waals surface area contributed by atoms with E-state index in [0.717, 1.165) is 18.8 Å². The number of anilines is 1. The number of piperidine rings is 1. The van der Waals surface area contributed by atoms with E-state index < -0.39 is 0 Å². The fraction of sp³-hybridized carbons (Fsp3) is 0.400. The van der Waals surface area contributed by atoms with Crippen LogP contribution >= 0.6 is 11.8 Å². The first kappa shape index (κ1) is 13.4. The number of rotatable bonds is 4. The first-order chi connectivity index (χ1) is 9.85. The van der Waals surface area contributed by atoms with E-state index in [9.17, 15) is 0 Å². The second-order valence-electron chi connectivity index (χ2n) is 4.94. The van der Waals surface area contributed by atoms with Gasteiger partial charge in [0.2, 0.25) is 0 Å². The molecule has 0 aliphatic carbocycles. The number of thioether (sulfide) groups is 1. The standard InChI is InChI=1S/C15H19N3OS/c1-19-13-3-2-4-15(9-13)20-14-5-7-18(8-6-14)12-10-16-17-11-12/h2-4,9-11,14H,5-8H2,1H3,(H,16,17). The summed E-state index contributed by atoms with van der Waals surface area (Å²) in [4.78, 5) is 3.69. The van der Waals surface area contributed by atoms with Gasteiger partial charge in [0.1, 0.15) is 5.75 Å².